The maximum absolute atomic E-state index is 9.83. The molecule has 2 saturated heterocycles. The van der Waals surface area contributed by atoms with Crippen molar-refractivity contribution < 1.29 is 14.6 Å². The largest absolute Gasteiger partial charge is 0.454 e. The van der Waals surface area contributed by atoms with Gasteiger partial charge in [0.05, 0.1) is 0 Å². The van der Waals surface area contributed by atoms with Crippen LogP contribution in [-0.4, -0.2) is 86.1 Å². The average molecular weight is 347 g/mol. The van der Waals surface area contributed by atoms with Gasteiger partial charge in [0.25, 0.3) is 0 Å². The first-order chi connectivity index (χ1) is 12.2. The van der Waals surface area contributed by atoms with Gasteiger partial charge in [0.2, 0.25) is 6.79 Å². The Bertz CT molecular complexity index is 589. The third-order valence-corrected chi connectivity index (χ3v) is 5.82. The predicted octanol–water partition coefficient (Wildman–Crippen LogP) is 0.703. The quantitative estimate of drug-likeness (QED) is 0.846. The molecule has 25 heavy (non-hydrogen) atoms. The Morgan fingerprint density at radius 3 is 2.56 bits per heavy atom. The lowest BCUT2D eigenvalue weighted by Crippen LogP contribution is -2.47. The maximum atomic E-state index is 9.83. The number of hydrogen-bond donors (Lipinski definition) is 1. The number of piperazine rings is 1. The molecule has 0 aliphatic carbocycles. The van der Waals surface area contributed by atoms with E-state index in [1.54, 1.807) is 0 Å². The molecule has 138 valence electrons. The van der Waals surface area contributed by atoms with Crippen molar-refractivity contribution in [1.82, 2.24) is 14.7 Å². The summed E-state index contributed by atoms with van der Waals surface area (Å²) in [5, 5.41) is 9.83. The van der Waals surface area contributed by atoms with Gasteiger partial charge in [-0.05, 0) is 36.6 Å². The molecule has 1 N–H and O–H groups in total. The molecule has 1 aromatic carbocycles. The van der Waals surface area contributed by atoms with Crippen molar-refractivity contribution in [2.45, 2.75) is 6.54 Å². The topological polar surface area (TPSA) is 48.4 Å². The van der Waals surface area contributed by atoms with Gasteiger partial charge in [-0.1, -0.05) is 6.07 Å². The Kier molecular flexibility index (Phi) is 5.12. The van der Waals surface area contributed by atoms with Crippen LogP contribution in [-0.2, 0) is 6.54 Å². The fourth-order valence-electron chi connectivity index (χ4n) is 4.24. The van der Waals surface area contributed by atoms with Crippen LogP contribution in [0.3, 0.4) is 0 Å². The molecule has 0 radical (unpaired) electrons. The van der Waals surface area contributed by atoms with Crippen molar-refractivity contribution in [3.8, 4) is 11.5 Å². The second-order valence-electron chi connectivity index (χ2n) is 7.69. The molecule has 2 atom stereocenters. The van der Waals surface area contributed by atoms with Crippen LogP contribution in [0.1, 0.15) is 5.56 Å². The molecule has 0 aromatic heterocycles. The molecule has 0 saturated carbocycles. The summed E-state index contributed by atoms with van der Waals surface area (Å²) >= 11 is 0. The van der Waals surface area contributed by atoms with Gasteiger partial charge in [-0.2, -0.15) is 0 Å². The molecule has 0 spiro atoms. The Morgan fingerprint density at radius 1 is 1.00 bits per heavy atom. The molecule has 4 rings (SSSR count). The van der Waals surface area contributed by atoms with Gasteiger partial charge < -0.3 is 24.4 Å². The van der Waals surface area contributed by atoms with Gasteiger partial charge >= 0.3 is 0 Å². The highest BCUT2D eigenvalue weighted by atomic mass is 16.7. The van der Waals surface area contributed by atoms with E-state index < -0.39 is 0 Å². The highest BCUT2D eigenvalue weighted by Gasteiger charge is 2.34. The van der Waals surface area contributed by atoms with Crippen molar-refractivity contribution in [3.63, 3.8) is 0 Å². The summed E-state index contributed by atoms with van der Waals surface area (Å²) in [6.45, 7) is 9.26. The monoisotopic (exact) mass is 347 g/mol. The molecule has 0 bridgehead atoms. The Labute approximate surface area is 149 Å². The zero-order valence-electron chi connectivity index (χ0n) is 15.1. The van der Waals surface area contributed by atoms with Gasteiger partial charge in [0.15, 0.2) is 11.5 Å². The molecule has 3 aliphatic heterocycles. The molecule has 6 heteroatoms. The summed E-state index contributed by atoms with van der Waals surface area (Å²) in [7, 11) is 2.19. The average Bonchev–Trinajstić information content (AvgIpc) is 3.23. The fourth-order valence-corrected chi connectivity index (χ4v) is 4.24. The number of aliphatic hydroxyl groups excluding tert-OH is 1. The number of aliphatic hydroxyl groups is 1. The van der Waals surface area contributed by atoms with E-state index in [1.165, 1.54) is 5.56 Å². The normalized spacial score (nSPS) is 27.9. The van der Waals surface area contributed by atoms with Crippen molar-refractivity contribution in [2.24, 2.45) is 11.8 Å². The second kappa shape index (κ2) is 7.50. The van der Waals surface area contributed by atoms with E-state index in [1.807, 2.05) is 6.07 Å². The lowest BCUT2D eigenvalue weighted by molar-refractivity contribution is 0.116. The number of rotatable bonds is 5. The van der Waals surface area contributed by atoms with Crippen LogP contribution < -0.4 is 9.47 Å². The molecule has 3 heterocycles. The minimum atomic E-state index is 0.288. The highest BCUT2D eigenvalue weighted by Crippen LogP contribution is 2.33. The predicted molar refractivity (Wildman–Crippen MR) is 95.8 cm³/mol. The Balaban J connectivity index is 1.34. The van der Waals surface area contributed by atoms with E-state index in [4.69, 9.17) is 9.47 Å². The number of likely N-dealkylation sites (N-methyl/N-ethyl adjacent to an activating group) is 1. The minimum absolute atomic E-state index is 0.288. The minimum Gasteiger partial charge on any atom is -0.454 e. The molecule has 3 aliphatic rings. The zero-order valence-corrected chi connectivity index (χ0v) is 15.1. The number of benzene rings is 1. The van der Waals surface area contributed by atoms with E-state index in [0.29, 0.717) is 18.6 Å². The maximum Gasteiger partial charge on any atom is 0.231 e. The lowest BCUT2D eigenvalue weighted by atomic mass is 9.96. The van der Waals surface area contributed by atoms with Gasteiger partial charge in [0.1, 0.15) is 0 Å². The third-order valence-electron chi connectivity index (χ3n) is 5.82. The first kappa shape index (κ1) is 17.1. The van der Waals surface area contributed by atoms with Crippen LogP contribution in [0.15, 0.2) is 18.2 Å². The van der Waals surface area contributed by atoms with Crippen LogP contribution in [0.5, 0.6) is 11.5 Å². The fraction of sp³-hybridized carbons (Fsp3) is 0.684. The van der Waals surface area contributed by atoms with Crippen molar-refractivity contribution in [1.29, 1.82) is 0 Å². The summed E-state index contributed by atoms with van der Waals surface area (Å²) in [6.07, 6.45) is 0. The van der Waals surface area contributed by atoms with Gasteiger partial charge in [-0.25, -0.2) is 0 Å². The van der Waals surface area contributed by atoms with Crippen LogP contribution >= 0.6 is 0 Å². The van der Waals surface area contributed by atoms with Gasteiger partial charge in [0, 0.05) is 59.0 Å². The number of nitrogens with zero attached hydrogens (tertiary/aromatic N) is 3. The van der Waals surface area contributed by atoms with Crippen LogP contribution in [0.2, 0.25) is 0 Å². The number of ether oxygens (including phenoxy) is 2. The van der Waals surface area contributed by atoms with Gasteiger partial charge in [-0.3, -0.25) is 4.90 Å². The molecule has 0 amide bonds. The summed E-state index contributed by atoms with van der Waals surface area (Å²) in [5.74, 6) is 2.63. The summed E-state index contributed by atoms with van der Waals surface area (Å²) in [6, 6.07) is 6.21. The molecule has 2 fully saturated rings. The third kappa shape index (κ3) is 3.92. The second-order valence-corrected chi connectivity index (χ2v) is 7.69. The molecule has 0 unspecified atom stereocenters. The van der Waals surface area contributed by atoms with E-state index in [-0.39, 0.29) is 6.61 Å². The number of fused-ring (bicyclic) bond motifs is 1. The van der Waals surface area contributed by atoms with E-state index in [0.717, 1.165) is 63.9 Å². The van der Waals surface area contributed by atoms with Crippen LogP contribution in [0.25, 0.3) is 0 Å². The van der Waals surface area contributed by atoms with E-state index in [9.17, 15) is 5.11 Å². The van der Waals surface area contributed by atoms with Gasteiger partial charge in [-0.15, -0.1) is 0 Å². The van der Waals surface area contributed by atoms with Crippen molar-refractivity contribution in [2.75, 3.05) is 66.3 Å². The van der Waals surface area contributed by atoms with E-state index >= 15 is 0 Å². The summed E-state index contributed by atoms with van der Waals surface area (Å²) in [4.78, 5) is 7.43. The number of likely N-dealkylation sites (tertiary alicyclic amines) is 1. The standard InChI is InChI=1S/C19H29N3O3/c1-20-4-6-21(7-5-20)10-16-11-22(12-17(16)13-23)9-15-2-3-18-19(8-15)25-14-24-18/h2-3,8,16-17,23H,4-7,9-14H2,1H3/t16-,17-/m1/s1. The number of hydrogen-bond acceptors (Lipinski definition) is 6. The Morgan fingerprint density at radius 2 is 1.76 bits per heavy atom. The molecule has 1 aromatic rings. The van der Waals surface area contributed by atoms with E-state index in [2.05, 4.69) is 33.9 Å². The molecular weight excluding hydrogens is 318 g/mol. The SMILES string of the molecule is CN1CCN(C[C@@H]2CN(Cc3ccc4c(c3)OCO4)C[C@@H]2CO)CC1. The highest BCUT2D eigenvalue weighted by molar-refractivity contribution is 5.44. The first-order valence-electron chi connectivity index (χ1n) is 9.34. The van der Waals surface area contributed by atoms with Crippen molar-refractivity contribution >= 4 is 0 Å². The van der Waals surface area contributed by atoms with Crippen molar-refractivity contribution in [3.05, 3.63) is 23.8 Å². The smallest absolute Gasteiger partial charge is 0.231 e. The zero-order chi connectivity index (χ0) is 17.2. The first-order valence-corrected chi connectivity index (χ1v) is 9.34. The Hall–Kier alpha value is -1.34. The lowest BCUT2D eigenvalue weighted by Gasteiger charge is -2.34. The van der Waals surface area contributed by atoms with Crippen LogP contribution in [0, 0.1) is 11.8 Å². The van der Waals surface area contributed by atoms with Crippen LogP contribution in [0.4, 0.5) is 0 Å². The molecule has 6 nitrogen and oxygen atoms in total. The molecular formula is C19H29N3O3. The summed E-state index contributed by atoms with van der Waals surface area (Å²) < 4.78 is 10.9. The summed E-state index contributed by atoms with van der Waals surface area (Å²) in [5.41, 5.74) is 1.25.